The van der Waals surface area contributed by atoms with E-state index in [1.807, 2.05) is 31.2 Å². The Balaban J connectivity index is 1.53. The molecule has 2 aromatic rings. The molecule has 6 nitrogen and oxygen atoms in total. The lowest BCUT2D eigenvalue weighted by atomic mass is 10.2. The summed E-state index contributed by atoms with van der Waals surface area (Å²) in [6, 6.07) is 7.60. The maximum atomic E-state index is 5.66. The molecule has 2 heterocycles. The average Bonchev–Trinajstić information content (AvgIpc) is 3.19. The van der Waals surface area contributed by atoms with Crippen LogP contribution in [0.4, 0.5) is 0 Å². The number of aryl methyl sites for hydroxylation is 1. The van der Waals surface area contributed by atoms with Gasteiger partial charge in [0.2, 0.25) is 11.8 Å². The fourth-order valence-electron chi connectivity index (χ4n) is 2.05. The maximum absolute atomic E-state index is 5.66. The molecule has 0 unspecified atom stereocenters. The number of hydrogen-bond acceptors (Lipinski definition) is 6. The summed E-state index contributed by atoms with van der Waals surface area (Å²) in [5.74, 6) is 1.97. The van der Waals surface area contributed by atoms with E-state index < -0.39 is 0 Å². The first-order valence-corrected chi connectivity index (χ1v) is 7.14. The molecule has 0 N–H and O–H groups in total. The zero-order chi connectivity index (χ0) is 14.5. The van der Waals surface area contributed by atoms with E-state index >= 15 is 0 Å². The average molecular weight is 290 g/mol. The van der Waals surface area contributed by atoms with E-state index in [2.05, 4.69) is 10.2 Å². The Labute approximate surface area is 123 Å². The molecule has 0 amide bonds. The molecule has 0 saturated carbocycles. The highest BCUT2D eigenvalue weighted by atomic mass is 16.7. The van der Waals surface area contributed by atoms with Crippen LogP contribution in [0.25, 0.3) is 11.5 Å². The maximum Gasteiger partial charge on any atom is 0.247 e. The molecule has 1 saturated heterocycles. The van der Waals surface area contributed by atoms with Crippen molar-refractivity contribution in [1.29, 1.82) is 0 Å². The lowest BCUT2D eigenvalue weighted by Gasteiger charge is -2.10. The van der Waals surface area contributed by atoms with Crippen molar-refractivity contribution in [3.05, 3.63) is 30.2 Å². The molecule has 3 rings (SSSR count). The second-order valence-electron chi connectivity index (χ2n) is 4.69. The second-order valence-corrected chi connectivity index (χ2v) is 4.69. The van der Waals surface area contributed by atoms with Crippen LogP contribution in [0.5, 0.6) is 5.75 Å². The lowest BCUT2D eigenvalue weighted by molar-refractivity contribution is -0.0531. The van der Waals surface area contributed by atoms with Crippen LogP contribution >= 0.6 is 0 Å². The van der Waals surface area contributed by atoms with Crippen molar-refractivity contribution in [3.8, 4) is 17.2 Å². The molecule has 1 aliphatic heterocycles. The highest BCUT2D eigenvalue weighted by molar-refractivity contribution is 5.53. The Kier molecular flexibility index (Phi) is 4.47. The Morgan fingerprint density at radius 2 is 1.90 bits per heavy atom. The van der Waals surface area contributed by atoms with Crippen LogP contribution in [-0.2, 0) is 15.9 Å². The summed E-state index contributed by atoms with van der Waals surface area (Å²) < 4.78 is 21.9. The van der Waals surface area contributed by atoms with Gasteiger partial charge in [0.15, 0.2) is 6.29 Å². The molecule has 6 heteroatoms. The highest BCUT2D eigenvalue weighted by Gasteiger charge is 2.15. The van der Waals surface area contributed by atoms with Gasteiger partial charge >= 0.3 is 0 Å². The van der Waals surface area contributed by atoms with Gasteiger partial charge in [-0.05, 0) is 24.3 Å². The molecule has 1 aromatic carbocycles. The summed E-state index contributed by atoms with van der Waals surface area (Å²) in [6.45, 7) is 3.88. The summed E-state index contributed by atoms with van der Waals surface area (Å²) in [5, 5.41) is 7.96. The molecule has 0 bridgehead atoms. The van der Waals surface area contributed by atoms with Crippen LogP contribution in [0.15, 0.2) is 28.7 Å². The largest absolute Gasteiger partial charge is 0.493 e. The fraction of sp³-hybridized carbons (Fsp3) is 0.467. The molecule has 1 aliphatic rings. The highest BCUT2D eigenvalue weighted by Crippen LogP contribution is 2.21. The van der Waals surface area contributed by atoms with Crippen LogP contribution in [0.1, 0.15) is 19.2 Å². The molecule has 112 valence electrons. The van der Waals surface area contributed by atoms with E-state index in [4.69, 9.17) is 18.6 Å². The molecule has 0 atom stereocenters. The van der Waals surface area contributed by atoms with Crippen LogP contribution in [0, 0.1) is 0 Å². The van der Waals surface area contributed by atoms with E-state index in [1.54, 1.807) is 0 Å². The normalized spacial score (nSPS) is 15.5. The Hall–Kier alpha value is -1.92. The van der Waals surface area contributed by atoms with E-state index in [0.717, 1.165) is 24.2 Å². The van der Waals surface area contributed by atoms with E-state index in [1.165, 1.54) is 0 Å². The molecule has 0 radical (unpaired) electrons. The van der Waals surface area contributed by atoms with Gasteiger partial charge in [0, 0.05) is 18.4 Å². The summed E-state index contributed by atoms with van der Waals surface area (Å²) in [5.41, 5.74) is 0.886. The zero-order valence-corrected chi connectivity index (χ0v) is 11.9. The number of rotatable bonds is 6. The van der Waals surface area contributed by atoms with Crippen LogP contribution in [-0.4, -0.2) is 36.3 Å². The summed E-state index contributed by atoms with van der Waals surface area (Å²) in [4.78, 5) is 0. The monoisotopic (exact) mass is 290 g/mol. The van der Waals surface area contributed by atoms with Gasteiger partial charge in [-0.2, -0.15) is 0 Å². The van der Waals surface area contributed by atoms with Gasteiger partial charge in [0.1, 0.15) is 5.75 Å². The predicted molar refractivity (Wildman–Crippen MR) is 74.9 cm³/mol. The van der Waals surface area contributed by atoms with Gasteiger partial charge in [0.05, 0.1) is 19.8 Å². The Morgan fingerprint density at radius 1 is 1.14 bits per heavy atom. The number of nitrogens with zero attached hydrogens (tertiary/aromatic N) is 2. The third kappa shape index (κ3) is 3.59. The Bertz CT molecular complexity index is 561. The van der Waals surface area contributed by atoms with Gasteiger partial charge in [-0.15, -0.1) is 10.2 Å². The van der Waals surface area contributed by atoms with Crippen molar-refractivity contribution < 1.29 is 18.6 Å². The molecular weight excluding hydrogens is 272 g/mol. The van der Waals surface area contributed by atoms with E-state index in [-0.39, 0.29) is 6.29 Å². The second kappa shape index (κ2) is 6.69. The van der Waals surface area contributed by atoms with Gasteiger partial charge in [-0.3, -0.25) is 0 Å². The minimum atomic E-state index is -0.130. The SMILES string of the molecule is CCc1nnc(-c2ccc(OCCC3OCCO3)cc2)o1. The Morgan fingerprint density at radius 3 is 2.57 bits per heavy atom. The molecular formula is C15H18N2O4. The fourth-order valence-corrected chi connectivity index (χ4v) is 2.05. The topological polar surface area (TPSA) is 66.6 Å². The van der Waals surface area contributed by atoms with Gasteiger partial charge < -0.3 is 18.6 Å². The van der Waals surface area contributed by atoms with Gasteiger partial charge in [0.25, 0.3) is 0 Å². The number of ether oxygens (including phenoxy) is 3. The van der Waals surface area contributed by atoms with Gasteiger partial charge in [-0.25, -0.2) is 0 Å². The third-order valence-corrected chi connectivity index (χ3v) is 3.18. The van der Waals surface area contributed by atoms with Crippen molar-refractivity contribution in [2.45, 2.75) is 26.1 Å². The quantitative estimate of drug-likeness (QED) is 0.814. The van der Waals surface area contributed by atoms with Crippen molar-refractivity contribution in [2.75, 3.05) is 19.8 Å². The summed E-state index contributed by atoms with van der Waals surface area (Å²) in [6.07, 6.45) is 1.33. The van der Waals surface area contributed by atoms with Crippen molar-refractivity contribution in [2.24, 2.45) is 0 Å². The minimum absolute atomic E-state index is 0.130. The molecule has 1 aromatic heterocycles. The summed E-state index contributed by atoms with van der Waals surface area (Å²) >= 11 is 0. The van der Waals surface area contributed by atoms with Gasteiger partial charge in [-0.1, -0.05) is 6.92 Å². The summed E-state index contributed by atoms with van der Waals surface area (Å²) in [7, 11) is 0. The van der Waals surface area contributed by atoms with Crippen molar-refractivity contribution in [3.63, 3.8) is 0 Å². The molecule has 1 fully saturated rings. The first kappa shape index (κ1) is 14.0. The number of aromatic nitrogens is 2. The zero-order valence-electron chi connectivity index (χ0n) is 11.9. The predicted octanol–water partition coefficient (Wildman–Crippen LogP) is 2.44. The van der Waals surface area contributed by atoms with Crippen molar-refractivity contribution >= 4 is 0 Å². The number of benzene rings is 1. The molecule has 0 spiro atoms. The standard InChI is InChI=1S/C15H18N2O4/c1-2-13-16-17-15(21-13)11-3-5-12(6-4-11)18-8-7-14-19-9-10-20-14/h3-6,14H,2,7-10H2,1H3. The van der Waals surface area contributed by atoms with Crippen LogP contribution in [0.3, 0.4) is 0 Å². The smallest absolute Gasteiger partial charge is 0.247 e. The molecule has 0 aliphatic carbocycles. The number of hydrogen-bond donors (Lipinski definition) is 0. The first-order chi connectivity index (χ1) is 10.3. The minimum Gasteiger partial charge on any atom is -0.493 e. The first-order valence-electron chi connectivity index (χ1n) is 7.14. The van der Waals surface area contributed by atoms with Crippen molar-refractivity contribution in [1.82, 2.24) is 10.2 Å². The van der Waals surface area contributed by atoms with E-state index in [9.17, 15) is 0 Å². The lowest BCUT2D eigenvalue weighted by Crippen LogP contribution is -2.12. The van der Waals surface area contributed by atoms with Crippen LogP contribution < -0.4 is 4.74 Å². The van der Waals surface area contributed by atoms with E-state index in [0.29, 0.717) is 31.6 Å². The third-order valence-electron chi connectivity index (χ3n) is 3.18. The molecule has 21 heavy (non-hydrogen) atoms. The van der Waals surface area contributed by atoms with Crippen LogP contribution in [0.2, 0.25) is 0 Å².